The van der Waals surface area contributed by atoms with Crippen molar-refractivity contribution >= 4 is 10.8 Å². The molecule has 1 aromatic heterocycles. The normalized spacial score (nSPS) is 13.0. The van der Waals surface area contributed by atoms with Gasteiger partial charge >= 0.3 is 0 Å². The van der Waals surface area contributed by atoms with Gasteiger partial charge in [0.1, 0.15) is 0 Å². The second kappa shape index (κ2) is 7.36. The van der Waals surface area contributed by atoms with Gasteiger partial charge in [-0.15, -0.1) is 0 Å². The molecule has 0 saturated carbocycles. The summed E-state index contributed by atoms with van der Waals surface area (Å²) in [4.78, 5) is 6.96. The quantitative estimate of drug-likeness (QED) is 0.839. The summed E-state index contributed by atoms with van der Waals surface area (Å²) in [5.74, 6) is 0. The van der Waals surface area contributed by atoms with Crippen LogP contribution < -0.4 is 5.32 Å². The maximum Gasteiger partial charge on any atom is 0.0619 e. The number of nitrogens with zero attached hydrogens (tertiary/aromatic N) is 2. The fourth-order valence-corrected chi connectivity index (χ4v) is 2.53. The zero-order valence-electron chi connectivity index (χ0n) is 12.8. The minimum atomic E-state index is 0.468. The third-order valence-electron chi connectivity index (χ3n) is 3.80. The van der Waals surface area contributed by atoms with Crippen LogP contribution in [0.15, 0.2) is 36.5 Å². The van der Waals surface area contributed by atoms with Gasteiger partial charge in [-0.1, -0.05) is 38.1 Å². The third kappa shape index (κ3) is 3.78. The molecule has 108 valence electrons. The molecule has 0 amide bonds. The van der Waals surface area contributed by atoms with Gasteiger partial charge in [0.25, 0.3) is 0 Å². The number of hydrogen-bond donors (Lipinski definition) is 1. The monoisotopic (exact) mass is 271 g/mol. The van der Waals surface area contributed by atoms with Crippen LogP contribution >= 0.6 is 0 Å². The summed E-state index contributed by atoms with van der Waals surface area (Å²) >= 11 is 0. The van der Waals surface area contributed by atoms with Crippen LogP contribution in [0.1, 0.15) is 26.5 Å². The number of nitrogens with one attached hydrogen (secondary N) is 1. The van der Waals surface area contributed by atoms with Gasteiger partial charge in [0.05, 0.1) is 5.69 Å². The Bertz CT molecular complexity index is 529. The summed E-state index contributed by atoms with van der Waals surface area (Å²) < 4.78 is 0. The van der Waals surface area contributed by atoms with Gasteiger partial charge in [0.15, 0.2) is 0 Å². The van der Waals surface area contributed by atoms with Crippen molar-refractivity contribution in [2.24, 2.45) is 0 Å². The predicted molar refractivity (Wildman–Crippen MR) is 85.8 cm³/mol. The van der Waals surface area contributed by atoms with Crippen molar-refractivity contribution in [2.45, 2.75) is 33.4 Å². The van der Waals surface area contributed by atoms with Crippen molar-refractivity contribution in [1.29, 1.82) is 0 Å². The molecule has 1 heterocycles. The van der Waals surface area contributed by atoms with Crippen molar-refractivity contribution in [3.63, 3.8) is 0 Å². The van der Waals surface area contributed by atoms with Gasteiger partial charge in [-0.25, -0.2) is 0 Å². The smallest absolute Gasteiger partial charge is 0.0619 e. The first-order chi connectivity index (χ1) is 9.74. The van der Waals surface area contributed by atoms with Crippen LogP contribution in [0.25, 0.3) is 10.8 Å². The van der Waals surface area contributed by atoms with E-state index < -0.39 is 0 Å². The molecule has 0 saturated heterocycles. The minimum Gasteiger partial charge on any atom is -0.307 e. The first-order valence-electron chi connectivity index (χ1n) is 7.53. The Hall–Kier alpha value is -1.45. The highest BCUT2D eigenvalue weighted by Gasteiger charge is 2.08. The number of rotatable bonds is 7. The van der Waals surface area contributed by atoms with Gasteiger partial charge in [-0.3, -0.25) is 4.98 Å². The highest BCUT2D eigenvalue weighted by molar-refractivity contribution is 5.84. The van der Waals surface area contributed by atoms with Gasteiger partial charge < -0.3 is 10.2 Å². The fourth-order valence-electron chi connectivity index (χ4n) is 2.53. The highest BCUT2D eigenvalue weighted by atomic mass is 15.1. The lowest BCUT2D eigenvalue weighted by Gasteiger charge is -2.23. The van der Waals surface area contributed by atoms with E-state index >= 15 is 0 Å². The maximum atomic E-state index is 4.52. The number of aromatic nitrogens is 1. The van der Waals surface area contributed by atoms with E-state index in [2.05, 4.69) is 66.3 Å². The Morgan fingerprint density at radius 3 is 2.65 bits per heavy atom. The molecular formula is C17H25N3. The Morgan fingerprint density at radius 1 is 1.15 bits per heavy atom. The largest absolute Gasteiger partial charge is 0.307 e. The number of fused-ring (bicyclic) bond motifs is 1. The lowest BCUT2D eigenvalue weighted by molar-refractivity contribution is 0.270. The summed E-state index contributed by atoms with van der Waals surface area (Å²) in [6.07, 6.45) is 1.90. The van der Waals surface area contributed by atoms with Gasteiger partial charge in [-0.2, -0.15) is 0 Å². The summed E-state index contributed by atoms with van der Waals surface area (Å²) in [5.41, 5.74) is 1.13. The molecule has 3 heteroatoms. The average Bonchev–Trinajstić information content (AvgIpc) is 2.50. The van der Waals surface area contributed by atoms with E-state index in [0.717, 1.165) is 31.9 Å². The number of likely N-dealkylation sites (N-methyl/N-ethyl adjacent to an activating group) is 1. The molecule has 2 rings (SSSR count). The first kappa shape index (κ1) is 14.9. The van der Waals surface area contributed by atoms with Crippen LogP contribution in [0.3, 0.4) is 0 Å². The van der Waals surface area contributed by atoms with Crippen LogP contribution in [0, 0.1) is 0 Å². The van der Waals surface area contributed by atoms with Gasteiger partial charge in [0.2, 0.25) is 0 Å². The Morgan fingerprint density at radius 2 is 1.90 bits per heavy atom. The Kier molecular flexibility index (Phi) is 5.50. The zero-order chi connectivity index (χ0) is 14.4. The van der Waals surface area contributed by atoms with Crippen LogP contribution in [-0.4, -0.2) is 35.6 Å². The summed E-state index contributed by atoms with van der Waals surface area (Å²) in [7, 11) is 0. The standard InChI is InChI=1S/C17H25N3/c1-4-20(5-2)13-14(3)19-12-17-16-9-7-6-8-15(16)10-11-18-17/h6-11,14,19H,4-5,12-13H2,1-3H3. The SMILES string of the molecule is CCN(CC)CC(C)NCc1nccc2ccccc12. The van der Waals surface area contributed by atoms with E-state index in [9.17, 15) is 0 Å². The molecule has 0 spiro atoms. The number of hydrogen-bond acceptors (Lipinski definition) is 3. The van der Waals surface area contributed by atoms with E-state index in [1.165, 1.54) is 10.8 Å². The minimum absolute atomic E-state index is 0.468. The van der Waals surface area contributed by atoms with Crippen LogP contribution in [0.4, 0.5) is 0 Å². The molecule has 1 N–H and O–H groups in total. The molecule has 1 aromatic carbocycles. The van der Waals surface area contributed by atoms with Crippen molar-refractivity contribution in [3.05, 3.63) is 42.2 Å². The Balaban J connectivity index is 1.99. The van der Waals surface area contributed by atoms with Crippen LogP contribution in [0.2, 0.25) is 0 Å². The molecule has 0 radical (unpaired) electrons. The molecule has 0 aliphatic rings. The first-order valence-corrected chi connectivity index (χ1v) is 7.53. The summed E-state index contributed by atoms with van der Waals surface area (Å²) in [6, 6.07) is 11.0. The zero-order valence-corrected chi connectivity index (χ0v) is 12.8. The van der Waals surface area contributed by atoms with E-state index in [1.807, 2.05) is 6.20 Å². The summed E-state index contributed by atoms with van der Waals surface area (Å²) in [5, 5.41) is 6.09. The maximum absolute atomic E-state index is 4.52. The van der Waals surface area contributed by atoms with E-state index in [0.29, 0.717) is 6.04 Å². The average molecular weight is 271 g/mol. The van der Waals surface area contributed by atoms with Gasteiger partial charge in [-0.05, 0) is 31.5 Å². The third-order valence-corrected chi connectivity index (χ3v) is 3.80. The lowest BCUT2D eigenvalue weighted by atomic mass is 10.1. The fraction of sp³-hybridized carbons (Fsp3) is 0.471. The molecule has 20 heavy (non-hydrogen) atoms. The lowest BCUT2D eigenvalue weighted by Crippen LogP contribution is -2.38. The van der Waals surface area contributed by atoms with Crippen LogP contribution in [0.5, 0.6) is 0 Å². The highest BCUT2D eigenvalue weighted by Crippen LogP contribution is 2.16. The molecule has 3 nitrogen and oxygen atoms in total. The number of pyridine rings is 1. The molecular weight excluding hydrogens is 246 g/mol. The van der Waals surface area contributed by atoms with Crippen LogP contribution in [-0.2, 0) is 6.54 Å². The number of benzene rings is 1. The topological polar surface area (TPSA) is 28.2 Å². The van der Waals surface area contributed by atoms with E-state index in [1.54, 1.807) is 0 Å². The predicted octanol–water partition coefficient (Wildman–Crippen LogP) is 3.05. The second-order valence-corrected chi connectivity index (χ2v) is 5.25. The molecule has 0 bridgehead atoms. The molecule has 0 aliphatic carbocycles. The molecule has 2 aromatic rings. The van der Waals surface area contributed by atoms with Crippen molar-refractivity contribution < 1.29 is 0 Å². The Labute approximate surface area is 122 Å². The van der Waals surface area contributed by atoms with Gasteiger partial charge in [0, 0.05) is 30.7 Å². The van der Waals surface area contributed by atoms with Crippen molar-refractivity contribution in [2.75, 3.05) is 19.6 Å². The molecule has 1 unspecified atom stereocenters. The van der Waals surface area contributed by atoms with Crippen molar-refractivity contribution in [1.82, 2.24) is 15.2 Å². The molecule has 0 fully saturated rings. The second-order valence-electron chi connectivity index (χ2n) is 5.25. The van der Waals surface area contributed by atoms with Crippen molar-refractivity contribution in [3.8, 4) is 0 Å². The summed E-state index contributed by atoms with van der Waals surface area (Å²) in [6.45, 7) is 10.8. The van der Waals surface area contributed by atoms with E-state index in [4.69, 9.17) is 0 Å². The van der Waals surface area contributed by atoms with E-state index in [-0.39, 0.29) is 0 Å². The molecule has 1 atom stereocenters. The molecule has 0 aliphatic heterocycles.